The molecule has 0 spiro atoms. The minimum Gasteiger partial charge on any atom is -0.454 e. The third-order valence-corrected chi connectivity index (χ3v) is 7.40. The molecule has 0 saturated carbocycles. The first-order chi connectivity index (χ1) is 17.1. The van der Waals surface area contributed by atoms with Gasteiger partial charge in [-0.05, 0) is 53.4 Å². The Bertz CT molecular complexity index is 1360. The molecule has 0 radical (unpaired) electrons. The number of benzene rings is 4. The van der Waals surface area contributed by atoms with E-state index in [1.165, 1.54) is 0 Å². The molecular formula is C31H24O4. The summed E-state index contributed by atoms with van der Waals surface area (Å²) in [5.74, 6) is -1.10. The largest absolute Gasteiger partial charge is 0.454 e. The molecule has 0 N–H and O–H groups in total. The quantitative estimate of drug-likeness (QED) is 0.356. The summed E-state index contributed by atoms with van der Waals surface area (Å²) < 4.78 is 12.5. The van der Waals surface area contributed by atoms with Gasteiger partial charge in [-0.15, -0.1) is 0 Å². The maximum Gasteiger partial charge on any atom is 0.338 e. The van der Waals surface area contributed by atoms with E-state index in [0.29, 0.717) is 11.1 Å². The molecule has 2 atom stereocenters. The molecule has 4 aromatic rings. The molecule has 0 amide bonds. The van der Waals surface area contributed by atoms with E-state index >= 15 is 0 Å². The fourth-order valence-corrected chi connectivity index (χ4v) is 5.80. The summed E-state index contributed by atoms with van der Waals surface area (Å²) in [6, 6.07) is 34.3. The van der Waals surface area contributed by atoms with Gasteiger partial charge in [0.15, 0.2) is 12.2 Å². The molecule has 7 rings (SSSR count). The van der Waals surface area contributed by atoms with Crippen LogP contribution < -0.4 is 0 Å². The van der Waals surface area contributed by atoms with Crippen LogP contribution in [0.25, 0.3) is 0 Å². The Hall–Kier alpha value is -4.18. The van der Waals surface area contributed by atoms with Crippen LogP contribution in [0.4, 0.5) is 0 Å². The Morgan fingerprint density at radius 3 is 1.54 bits per heavy atom. The summed E-state index contributed by atoms with van der Waals surface area (Å²) >= 11 is 0. The Labute approximate surface area is 204 Å². The van der Waals surface area contributed by atoms with Crippen LogP contribution in [0.3, 0.4) is 0 Å². The Morgan fingerprint density at radius 2 is 1.03 bits per heavy atom. The van der Waals surface area contributed by atoms with Crippen LogP contribution in [0.2, 0.25) is 0 Å². The highest BCUT2D eigenvalue weighted by Crippen LogP contribution is 2.58. The van der Waals surface area contributed by atoms with Crippen LogP contribution in [0, 0.1) is 0 Å². The van der Waals surface area contributed by atoms with Gasteiger partial charge in [0.2, 0.25) is 0 Å². The number of carbonyl (C=O) groups excluding carboxylic acids is 2. The number of rotatable bonds is 4. The van der Waals surface area contributed by atoms with Gasteiger partial charge in [-0.1, -0.05) is 84.9 Å². The molecular weight excluding hydrogens is 436 g/mol. The fourth-order valence-electron chi connectivity index (χ4n) is 5.80. The van der Waals surface area contributed by atoms with Crippen LogP contribution in [-0.4, -0.2) is 24.1 Å². The second-order valence-electron chi connectivity index (χ2n) is 9.28. The van der Waals surface area contributed by atoms with Crippen molar-refractivity contribution in [2.75, 3.05) is 0 Å². The van der Waals surface area contributed by atoms with Crippen LogP contribution in [0.1, 0.15) is 55.8 Å². The first kappa shape index (κ1) is 21.4. The second-order valence-corrected chi connectivity index (χ2v) is 9.28. The fraction of sp³-hybridized carbons (Fsp3) is 0.161. The maximum atomic E-state index is 13.3. The standard InChI is InChI=1S/C31H24O4/c1-31-24-18-10-8-16-22(24)26(23-17-9-11-19-25(23)31)27(34-29(32)20-12-4-2-5-13-20)28(31)35-30(33)21-14-6-3-7-15-21/h2-19,26-28H,1H3. The zero-order valence-electron chi connectivity index (χ0n) is 19.3. The summed E-state index contributed by atoms with van der Waals surface area (Å²) in [5.41, 5.74) is 4.65. The van der Waals surface area contributed by atoms with Crippen LogP contribution >= 0.6 is 0 Å². The maximum absolute atomic E-state index is 13.3. The molecule has 4 heteroatoms. The first-order valence-corrected chi connectivity index (χ1v) is 11.8. The zero-order valence-corrected chi connectivity index (χ0v) is 19.3. The van der Waals surface area contributed by atoms with Crippen LogP contribution in [0.15, 0.2) is 109 Å². The monoisotopic (exact) mass is 460 g/mol. The van der Waals surface area contributed by atoms with Crippen molar-refractivity contribution in [2.45, 2.75) is 30.5 Å². The lowest BCUT2D eigenvalue weighted by molar-refractivity contribution is -0.0731. The molecule has 172 valence electrons. The highest BCUT2D eigenvalue weighted by molar-refractivity contribution is 5.91. The highest BCUT2D eigenvalue weighted by Gasteiger charge is 2.60. The number of ether oxygens (including phenoxy) is 2. The average molecular weight is 461 g/mol. The van der Waals surface area contributed by atoms with Crippen molar-refractivity contribution in [3.63, 3.8) is 0 Å². The smallest absolute Gasteiger partial charge is 0.338 e. The van der Waals surface area contributed by atoms with E-state index in [2.05, 4.69) is 31.2 Å². The molecule has 2 unspecified atom stereocenters. The SMILES string of the molecule is CC12c3ccccc3C(c3ccccc31)C(OC(=O)c1ccccc1)C2OC(=O)c1ccccc1. The minimum atomic E-state index is -0.697. The predicted octanol–water partition coefficient (Wildman–Crippen LogP) is 5.90. The lowest BCUT2D eigenvalue weighted by atomic mass is 9.53. The van der Waals surface area contributed by atoms with Crippen molar-refractivity contribution < 1.29 is 19.1 Å². The number of hydrogen-bond acceptors (Lipinski definition) is 4. The van der Waals surface area contributed by atoms with E-state index < -0.39 is 29.6 Å². The number of fused-ring (bicyclic) bond motifs is 1. The van der Waals surface area contributed by atoms with Gasteiger partial charge in [0.05, 0.1) is 22.5 Å². The second kappa shape index (κ2) is 8.24. The summed E-state index contributed by atoms with van der Waals surface area (Å²) in [7, 11) is 0. The molecule has 3 aliphatic carbocycles. The Morgan fingerprint density at radius 1 is 0.600 bits per heavy atom. The van der Waals surface area contributed by atoms with E-state index in [0.717, 1.165) is 22.3 Å². The molecule has 0 aliphatic heterocycles. The lowest BCUT2D eigenvalue weighted by Crippen LogP contribution is -2.59. The lowest BCUT2D eigenvalue weighted by Gasteiger charge is -2.54. The summed E-state index contributed by atoms with van der Waals surface area (Å²) in [6.45, 7) is 2.09. The average Bonchev–Trinajstić information content (AvgIpc) is 2.91. The van der Waals surface area contributed by atoms with Gasteiger partial charge >= 0.3 is 11.9 Å². The van der Waals surface area contributed by atoms with Crippen molar-refractivity contribution in [3.05, 3.63) is 143 Å². The molecule has 2 bridgehead atoms. The summed E-state index contributed by atoms with van der Waals surface area (Å²) in [4.78, 5) is 26.6. The molecule has 3 aliphatic rings. The van der Waals surface area contributed by atoms with E-state index in [4.69, 9.17) is 9.47 Å². The van der Waals surface area contributed by atoms with Crippen LogP contribution in [0.5, 0.6) is 0 Å². The van der Waals surface area contributed by atoms with Gasteiger partial charge < -0.3 is 9.47 Å². The summed E-state index contributed by atoms with van der Waals surface area (Å²) in [6.07, 6.45) is -1.37. The molecule has 35 heavy (non-hydrogen) atoms. The third kappa shape index (κ3) is 3.28. The molecule has 4 aromatic carbocycles. The van der Waals surface area contributed by atoms with Crippen LogP contribution in [-0.2, 0) is 14.9 Å². The molecule has 0 fully saturated rings. The van der Waals surface area contributed by atoms with E-state index in [1.807, 2.05) is 60.7 Å². The molecule has 4 nitrogen and oxygen atoms in total. The van der Waals surface area contributed by atoms with Gasteiger partial charge in [0, 0.05) is 0 Å². The van der Waals surface area contributed by atoms with Gasteiger partial charge in [-0.2, -0.15) is 0 Å². The molecule has 0 heterocycles. The third-order valence-electron chi connectivity index (χ3n) is 7.40. The normalized spacial score (nSPS) is 23.6. The Balaban J connectivity index is 1.50. The van der Waals surface area contributed by atoms with Gasteiger partial charge in [0.1, 0.15) is 0 Å². The zero-order chi connectivity index (χ0) is 24.0. The van der Waals surface area contributed by atoms with Gasteiger partial charge in [0.25, 0.3) is 0 Å². The number of hydrogen-bond donors (Lipinski definition) is 0. The van der Waals surface area contributed by atoms with Crippen molar-refractivity contribution in [3.8, 4) is 0 Å². The van der Waals surface area contributed by atoms with Crippen molar-refractivity contribution in [2.24, 2.45) is 0 Å². The van der Waals surface area contributed by atoms with E-state index in [-0.39, 0.29) is 5.92 Å². The molecule has 0 saturated heterocycles. The van der Waals surface area contributed by atoms with E-state index in [9.17, 15) is 9.59 Å². The molecule has 0 aromatic heterocycles. The highest BCUT2D eigenvalue weighted by atomic mass is 16.6. The first-order valence-electron chi connectivity index (χ1n) is 11.8. The predicted molar refractivity (Wildman–Crippen MR) is 132 cm³/mol. The van der Waals surface area contributed by atoms with Gasteiger partial charge in [-0.25, -0.2) is 9.59 Å². The van der Waals surface area contributed by atoms with Crippen molar-refractivity contribution in [1.82, 2.24) is 0 Å². The number of carbonyl (C=O) groups is 2. The Kier molecular flexibility index (Phi) is 5.03. The van der Waals surface area contributed by atoms with E-state index in [1.54, 1.807) is 24.3 Å². The van der Waals surface area contributed by atoms with Crippen molar-refractivity contribution >= 4 is 11.9 Å². The van der Waals surface area contributed by atoms with Crippen molar-refractivity contribution in [1.29, 1.82) is 0 Å². The van der Waals surface area contributed by atoms with Gasteiger partial charge in [-0.3, -0.25) is 0 Å². The number of esters is 2. The summed E-state index contributed by atoms with van der Waals surface area (Å²) in [5, 5.41) is 0. The minimum absolute atomic E-state index is 0.245. The topological polar surface area (TPSA) is 52.6 Å².